The van der Waals surface area contributed by atoms with E-state index in [2.05, 4.69) is 39.8 Å². The molecule has 0 saturated heterocycles. The Morgan fingerprint density at radius 2 is 1.90 bits per heavy atom. The lowest BCUT2D eigenvalue weighted by molar-refractivity contribution is 0.336. The van der Waals surface area contributed by atoms with Gasteiger partial charge in [-0.25, -0.2) is 0 Å². The van der Waals surface area contributed by atoms with Crippen LogP contribution in [0.4, 0.5) is 0 Å². The van der Waals surface area contributed by atoms with Crippen molar-refractivity contribution in [2.75, 3.05) is 0 Å². The van der Waals surface area contributed by atoms with Gasteiger partial charge in [0.2, 0.25) is 0 Å². The highest BCUT2D eigenvalue weighted by atomic mass is 14.2. The molecule has 0 aromatic carbocycles. The highest BCUT2D eigenvalue weighted by molar-refractivity contribution is 4.84. The summed E-state index contributed by atoms with van der Waals surface area (Å²) in [5, 5.41) is 0. The Kier molecular flexibility index (Phi) is 4.42. The Balaban J connectivity index is 3.62. The molecule has 0 radical (unpaired) electrons. The van der Waals surface area contributed by atoms with Crippen LogP contribution in [0.1, 0.15) is 47.0 Å². The second kappa shape index (κ2) is 4.54. The van der Waals surface area contributed by atoms with Gasteiger partial charge < -0.3 is 0 Å². The lowest BCUT2D eigenvalue weighted by atomic mass is 9.85. The molecule has 0 aromatic rings. The van der Waals surface area contributed by atoms with E-state index >= 15 is 0 Å². The van der Waals surface area contributed by atoms with E-state index in [4.69, 9.17) is 0 Å². The Bertz CT molecular complexity index is 98.6. The largest absolute Gasteiger partial charge is 0.0916 e. The zero-order valence-corrected chi connectivity index (χ0v) is 7.78. The van der Waals surface area contributed by atoms with Gasteiger partial charge in [0.1, 0.15) is 0 Å². The van der Waals surface area contributed by atoms with Crippen LogP contribution >= 0.6 is 0 Å². The molecule has 0 heterocycles. The van der Waals surface area contributed by atoms with Crippen molar-refractivity contribution in [2.24, 2.45) is 5.41 Å². The van der Waals surface area contributed by atoms with Gasteiger partial charge in [-0.3, -0.25) is 0 Å². The molecule has 0 N–H and O–H groups in total. The molecule has 0 rings (SSSR count). The van der Waals surface area contributed by atoms with Gasteiger partial charge in [-0.05, 0) is 25.2 Å². The van der Waals surface area contributed by atoms with Crippen molar-refractivity contribution in [2.45, 2.75) is 47.0 Å². The van der Waals surface area contributed by atoms with Gasteiger partial charge >= 0.3 is 0 Å². The summed E-state index contributed by atoms with van der Waals surface area (Å²) in [6, 6.07) is 0. The first-order chi connectivity index (χ1) is 4.62. The molecule has 0 heteroatoms. The second-order valence-corrected chi connectivity index (χ2v) is 3.69. The quantitative estimate of drug-likeness (QED) is 0.521. The van der Waals surface area contributed by atoms with E-state index in [0.717, 1.165) is 0 Å². The normalized spacial score (nSPS) is 12.8. The van der Waals surface area contributed by atoms with E-state index in [1.165, 1.54) is 19.3 Å². The fourth-order valence-corrected chi connectivity index (χ4v) is 1.22. The molecule has 0 bridgehead atoms. The summed E-state index contributed by atoms with van der Waals surface area (Å²) in [5.41, 5.74) is 0.515. The molecule has 0 aliphatic heterocycles. The van der Waals surface area contributed by atoms with E-state index in [1.54, 1.807) is 0 Å². The van der Waals surface area contributed by atoms with Crippen molar-refractivity contribution in [3.05, 3.63) is 12.2 Å². The van der Waals surface area contributed by atoms with E-state index < -0.39 is 0 Å². The van der Waals surface area contributed by atoms with Gasteiger partial charge in [0.15, 0.2) is 0 Å². The smallest absolute Gasteiger partial charge is 0.0299 e. The molecule has 0 nitrogen and oxygen atoms in total. The molecule has 0 spiro atoms. The molecule has 0 aliphatic rings. The van der Waals surface area contributed by atoms with Crippen molar-refractivity contribution in [1.82, 2.24) is 0 Å². The molecule has 0 saturated carbocycles. The predicted octanol–water partition coefficient (Wildman–Crippen LogP) is 3.78. The maximum absolute atomic E-state index is 2.33. The minimum atomic E-state index is 0.515. The predicted molar refractivity (Wildman–Crippen MR) is 48.1 cm³/mol. The fraction of sp³-hybridized carbons (Fsp3) is 0.800. The van der Waals surface area contributed by atoms with Gasteiger partial charge in [-0.1, -0.05) is 39.3 Å². The van der Waals surface area contributed by atoms with E-state index in [9.17, 15) is 0 Å². The van der Waals surface area contributed by atoms with Crippen LogP contribution in [-0.2, 0) is 0 Å². The summed E-state index contributed by atoms with van der Waals surface area (Å²) in [4.78, 5) is 0. The maximum Gasteiger partial charge on any atom is -0.0299 e. The lowest BCUT2D eigenvalue weighted by Gasteiger charge is -2.21. The zero-order valence-electron chi connectivity index (χ0n) is 7.78. The Hall–Kier alpha value is -0.260. The molecule has 0 atom stereocenters. The van der Waals surface area contributed by atoms with Crippen molar-refractivity contribution in [3.63, 3.8) is 0 Å². The van der Waals surface area contributed by atoms with Crippen LogP contribution in [0.25, 0.3) is 0 Å². The van der Waals surface area contributed by atoms with Crippen LogP contribution in [0, 0.1) is 5.41 Å². The van der Waals surface area contributed by atoms with Crippen LogP contribution in [0.5, 0.6) is 0 Å². The summed E-state index contributed by atoms with van der Waals surface area (Å²) < 4.78 is 0. The molecule has 0 unspecified atom stereocenters. The minimum absolute atomic E-state index is 0.515. The van der Waals surface area contributed by atoms with Gasteiger partial charge in [0.25, 0.3) is 0 Å². The van der Waals surface area contributed by atoms with Gasteiger partial charge in [0, 0.05) is 0 Å². The van der Waals surface area contributed by atoms with E-state index in [0.29, 0.717) is 5.41 Å². The van der Waals surface area contributed by atoms with Crippen LogP contribution in [0.2, 0.25) is 0 Å². The van der Waals surface area contributed by atoms with Gasteiger partial charge in [-0.2, -0.15) is 0 Å². The number of hydrogen-bond acceptors (Lipinski definition) is 0. The van der Waals surface area contributed by atoms with Crippen LogP contribution < -0.4 is 0 Å². The highest BCUT2D eigenvalue weighted by Crippen LogP contribution is 2.26. The Labute approximate surface area is 65.3 Å². The first-order valence-corrected chi connectivity index (χ1v) is 4.23. The first kappa shape index (κ1) is 9.74. The molecular formula is C10H20. The third-order valence-electron chi connectivity index (χ3n) is 1.83. The third-order valence-corrected chi connectivity index (χ3v) is 1.83. The zero-order chi connectivity index (χ0) is 8.04. The number of allylic oxidation sites excluding steroid dienone is 2. The van der Waals surface area contributed by atoms with Gasteiger partial charge in [0.05, 0.1) is 0 Å². The van der Waals surface area contributed by atoms with E-state index in [1.807, 2.05) is 0 Å². The summed E-state index contributed by atoms with van der Waals surface area (Å²) in [6.45, 7) is 8.99. The summed E-state index contributed by atoms with van der Waals surface area (Å²) in [6.07, 6.45) is 8.24. The highest BCUT2D eigenvalue weighted by Gasteiger charge is 2.13. The Morgan fingerprint density at radius 1 is 1.30 bits per heavy atom. The molecule has 10 heavy (non-hydrogen) atoms. The standard InChI is InChI=1S/C10H20/c1-5-7-9-10(3,4)8-6-2/h5,7H,6,8-9H2,1-4H3/b7-5-. The van der Waals surface area contributed by atoms with E-state index in [-0.39, 0.29) is 0 Å². The second-order valence-electron chi connectivity index (χ2n) is 3.69. The van der Waals surface area contributed by atoms with Crippen molar-refractivity contribution >= 4 is 0 Å². The molecule has 0 aliphatic carbocycles. The average Bonchev–Trinajstić information content (AvgIpc) is 1.84. The average molecular weight is 140 g/mol. The topological polar surface area (TPSA) is 0 Å². The van der Waals surface area contributed by atoms with Crippen molar-refractivity contribution < 1.29 is 0 Å². The monoisotopic (exact) mass is 140 g/mol. The fourth-order valence-electron chi connectivity index (χ4n) is 1.22. The number of rotatable bonds is 4. The SMILES string of the molecule is C/C=C\CC(C)(C)CCC. The van der Waals surface area contributed by atoms with Crippen molar-refractivity contribution in [1.29, 1.82) is 0 Å². The lowest BCUT2D eigenvalue weighted by Crippen LogP contribution is -2.08. The van der Waals surface area contributed by atoms with Crippen LogP contribution in [0.15, 0.2) is 12.2 Å². The molecule has 0 aromatic heterocycles. The Morgan fingerprint density at radius 3 is 2.30 bits per heavy atom. The number of hydrogen-bond donors (Lipinski definition) is 0. The summed E-state index contributed by atoms with van der Waals surface area (Å²) in [7, 11) is 0. The molecule has 60 valence electrons. The first-order valence-electron chi connectivity index (χ1n) is 4.23. The van der Waals surface area contributed by atoms with Gasteiger partial charge in [-0.15, -0.1) is 0 Å². The maximum atomic E-state index is 2.33. The van der Waals surface area contributed by atoms with Crippen LogP contribution in [0.3, 0.4) is 0 Å². The summed E-state index contributed by atoms with van der Waals surface area (Å²) >= 11 is 0. The van der Waals surface area contributed by atoms with Crippen LogP contribution in [-0.4, -0.2) is 0 Å². The molecule has 0 amide bonds. The molecular weight excluding hydrogens is 120 g/mol. The van der Waals surface area contributed by atoms with Crippen molar-refractivity contribution in [3.8, 4) is 0 Å². The summed E-state index contributed by atoms with van der Waals surface area (Å²) in [5.74, 6) is 0. The third kappa shape index (κ3) is 4.60. The molecule has 0 fully saturated rings. The minimum Gasteiger partial charge on any atom is -0.0916 e.